The number of primary amides is 1. The van der Waals surface area contributed by atoms with Gasteiger partial charge in [-0.1, -0.05) is 36.4 Å². The van der Waals surface area contributed by atoms with Gasteiger partial charge in [0, 0.05) is 32.3 Å². The highest BCUT2D eigenvalue weighted by Crippen LogP contribution is 2.36. The second-order valence-electron chi connectivity index (χ2n) is 7.85. The van der Waals surface area contributed by atoms with Crippen LogP contribution in [0.3, 0.4) is 0 Å². The van der Waals surface area contributed by atoms with Crippen LogP contribution in [0.4, 0.5) is 0 Å². The first kappa shape index (κ1) is 26.9. The van der Waals surface area contributed by atoms with Gasteiger partial charge in [0.25, 0.3) is 0 Å². The van der Waals surface area contributed by atoms with Gasteiger partial charge in [0.2, 0.25) is 5.91 Å². The average Bonchev–Trinajstić information content (AvgIpc) is 2.82. The summed E-state index contributed by atoms with van der Waals surface area (Å²) in [4.78, 5) is 23.5. The summed E-state index contributed by atoms with van der Waals surface area (Å²) in [7, 11) is 3.15. The quantitative estimate of drug-likeness (QED) is 0.402. The molecule has 0 bridgehead atoms. The maximum Gasteiger partial charge on any atom is 0.341 e. The van der Waals surface area contributed by atoms with Crippen molar-refractivity contribution in [1.29, 1.82) is 0 Å². The molecule has 2 rings (SSSR count). The lowest BCUT2D eigenvalue weighted by Crippen LogP contribution is -2.25. The Bertz CT molecular complexity index is 988. The number of allylic oxidation sites excluding steroid dienone is 1. The molecule has 184 valence electrons. The van der Waals surface area contributed by atoms with Crippen molar-refractivity contribution >= 4 is 17.4 Å². The topological polar surface area (TPSA) is 117 Å². The molecule has 0 aromatic heterocycles. The van der Waals surface area contributed by atoms with Crippen molar-refractivity contribution < 1.29 is 33.6 Å². The minimum atomic E-state index is -1.11. The van der Waals surface area contributed by atoms with Gasteiger partial charge in [-0.05, 0) is 49.1 Å². The van der Waals surface area contributed by atoms with E-state index in [0.717, 1.165) is 5.56 Å². The van der Waals surface area contributed by atoms with Gasteiger partial charge in [-0.2, -0.15) is 0 Å². The van der Waals surface area contributed by atoms with Crippen molar-refractivity contribution in [2.75, 3.05) is 34.0 Å². The molecule has 0 aliphatic heterocycles. The third-order valence-corrected chi connectivity index (χ3v) is 5.42. The van der Waals surface area contributed by atoms with Gasteiger partial charge < -0.3 is 29.8 Å². The SMILES string of the molecule is COCCC(COC)C(C(N)=O)=C(C)c1ccc(OC(C)c2ccccc2)c(OCC(=O)O)c1. The Hall–Kier alpha value is -3.36. The highest BCUT2D eigenvalue weighted by molar-refractivity contribution is 6.00. The van der Waals surface area contributed by atoms with Crippen LogP contribution in [0, 0.1) is 5.92 Å². The molecule has 0 saturated carbocycles. The predicted molar refractivity (Wildman–Crippen MR) is 129 cm³/mol. The number of nitrogens with two attached hydrogens (primary N) is 1. The first-order valence-corrected chi connectivity index (χ1v) is 11.0. The Morgan fingerprint density at radius 1 is 1.03 bits per heavy atom. The van der Waals surface area contributed by atoms with Crippen molar-refractivity contribution in [2.45, 2.75) is 26.4 Å². The van der Waals surface area contributed by atoms with Crippen molar-refractivity contribution in [3.63, 3.8) is 0 Å². The molecule has 2 aromatic rings. The molecule has 2 unspecified atom stereocenters. The van der Waals surface area contributed by atoms with Gasteiger partial charge in [0.15, 0.2) is 18.1 Å². The van der Waals surface area contributed by atoms with Crippen LogP contribution in [-0.4, -0.2) is 51.0 Å². The molecule has 8 heteroatoms. The van der Waals surface area contributed by atoms with E-state index in [0.29, 0.717) is 42.1 Å². The van der Waals surface area contributed by atoms with Crippen LogP contribution in [0.5, 0.6) is 11.5 Å². The Balaban J connectivity index is 2.47. The highest BCUT2D eigenvalue weighted by atomic mass is 16.5. The number of amides is 1. The molecular weight excluding hydrogens is 438 g/mol. The minimum absolute atomic E-state index is 0.256. The average molecular weight is 472 g/mol. The van der Waals surface area contributed by atoms with E-state index in [-0.39, 0.29) is 17.8 Å². The number of rotatable bonds is 14. The number of methoxy groups -OCH3 is 2. The van der Waals surface area contributed by atoms with Gasteiger partial charge >= 0.3 is 5.97 Å². The Labute approximate surface area is 200 Å². The van der Waals surface area contributed by atoms with E-state index in [2.05, 4.69) is 0 Å². The second-order valence-corrected chi connectivity index (χ2v) is 7.85. The van der Waals surface area contributed by atoms with Gasteiger partial charge in [0.05, 0.1) is 6.61 Å². The molecule has 0 spiro atoms. The van der Waals surface area contributed by atoms with Crippen molar-refractivity contribution in [3.05, 3.63) is 65.2 Å². The second kappa shape index (κ2) is 13.4. The zero-order chi connectivity index (χ0) is 25.1. The van der Waals surface area contributed by atoms with E-state index in [4.69, 9.17) is 29.8 Å². The number of carbonyl (C=O) groups excluding carboxylic acids is 1. The summed E-state index contributed by atoms with van der Waals surface area (Å²) < 4.78 is 22.1. The van der Waals surface area contributed by atoms with E-state index in [1.54, 1.807) is 39.3 Å². The lowest BCUT2D eigenvalue weighted by molar-refractivity contribution is -0.139. The number of hydrogen-bond donors (Lipinski definition) is 2. The molecule has 3 N–H and O–H groups in total. The number of benzene rings is 2. The summed E-state index contributed by atoms with van der Waals surface area (Å²) in [6.45, 7) is 3.89. The summed E-state index contributed by atoms with van der Waals surface area (Å²) in [6, 6.07) is 14.8. The molecule has 0 aliphatic rings. The summed E-state index contributed by atoms with van der Waals surface area (Å²) in [5.41, 5.74) is 8.44. The van der Waals surface area contributed by atoms with Crippen molar-refractivity contribution in [3.8, 4) is 11.5 Å². The van der Waals surface area contributed by atoms with Crippen LogP contribution in [-0.2, 0) is 19.1 Å². The van der Waals surface area contributed by atoms with E-state index in [1.165, 1.54) is 0 Å². The number of hydrogen-bond acceptors (Lipinski definition) is 6. The summed E-state index contributed by atoms with van der Waals surface area (Å²) in [6.07, 6.45) is 0.259. The van der Waals surface area contributed by atoms with Crippen LogP contribution in [0.15, 0.2) is 54.1 Å². The van der Waals surface area contributed by atoms with Gasteiger partial charge in [-0.3, -0.25) is 4.79 Å². The van der Waals surface area contributed by atoms with Gasteiger partial charge in [-0.25, -0.2) is 4.79 Å². The Morgan fingerprint density at radius 2 is 1.74 bits per heavy atom. The molecule has 2 atom stereocenters. The van der Waals surface area contributed by atoms with Crippen LogP contribution < -0.4 is 15.2 Å². The van der Waals surface area contributed by atoms with E-state index in [1.807, 2.05) is 37.3 Å². The molecule has 0 radical (unpaired) electrons. The first-order chi connectivity index (χ1) is 16.3. The van der Waals surface area contributed by atoms with Crippen LogP contribution in [0.25, 0.3) is 5.57 Å². The van der Waals surface area contributed by atoms with E-state index in [9.17, 15) is 9.59 Å². The van der Waals surface area contributed by atoms with Crippen molar-refractivity contribution in [1.82, 2.24) is 0 Å². The molecule has 1 amide bonds. The lowest BCUT2D eigenvalue weighted by atomic mass is 9.89. The number of carbonyl (C=O) groups is 2. The molecule has 0 aliphatic carbocycles. The van der Waals surface area contributed by atoms with Crippen LogP contribution in [0.2, 0.25) is 0 Å². The minimum Gasteiger partial charge on any atom is -0.482 e. The maximum absolute atomic E-state index is 12.4. The number of aliphatic carboxylic acids is 1. The zero-order valence-corrected chi connectivity index (χ0v) is 20.1. The summed E-state index contributed by atoms with van der Waals surface area (Å²) in [5, 5.41) is 9.12. The zero-order valence-electron chi connectivity index (χ0n) is 20.1. The third kappa shape index (κ3) is 7.60. The molecule has 8 nitrogen and oxygen atoms in total. The van der Waals surface area contributed by atoms with Crippen LogP contribution in [0.1, 0.15) is 37.5 Å². The largest absolute Gasteiger partial charge is 0.482 e. The summed E-state index contributed by atoms with van der Waals surface area (Å²) >= 11 is 0. The Morgan fingerprint density at radius 3 is 2.32 bits per heavy atom. The Kier molecular flexibility index (Phi) is 10.6. The number of carboxylic acids is 1. The molecular formula is C26H33NO7. The summed E-state index contributed by atoms with van der Waals surface area (Å²) in [5.74, 6) is -1.28. The molecule has 0 fully saturated rings. The van der Waals surface area contributed by atoms with E-state index < -0.39 is 18.5 Å². The predicted octanol–water partition coefficient (Wildman–Crippen LogP) is 3.85. The van der Waals surface area contributed by atoms with E-state index >= 15 is 0 Å². The fraction of sp³-hybridized carbons (Fsp3) is 0.385. The number of ether oxygens (including phenoxy) is 4. The monoisotopic (exact) mass is 471 g/mol. The molecule has 2 aromatic carbocycles. The molecule has 0 heterocycles. The normalized spacial score (nSPS) is 13.5. The smallest absolute Gasteiger partial charge is 0.341 e. The third-order valence-electron chi connectivity index (χ3n) is 5.42. The van der Waals surface area contributed by atoms with Gasteiger partial charge in [0.1, 0.15) is 6.10 Å². The van der Waals surface area contributed by atoms with Crippen LogP contribution >= 0.6 is 0 Å². The number of carboxylic acid groups (broad SMARTS) is 1. The maximum atomic E-state index is 12.4. The molecule has 34 heavy (non-hydrogen) atoms. The lowest BCUT2D eigenvalue weighted by Gasteiger charge is -2.22. The van der Waals surface area contributed by atoms with Gasteiger partial charge in [-0.15, -0.1) is 0 Å². The fourth-order valence-electron chi connectivity index (χ4n) is 3.69. The van der Waals surface area contributed by atoms with Crippen molar-refractivity contribution in [2.24, 2.45) is 11.7 Å². The first-order valence-electron chi connectivity index (χ1n) is 11.0. The fourth-order valence-corrected chi connectivity index (χ4v) is 3.69. The standard InChI is InChI=1S/C26H33NO7/c1-17(25(26(27)30)21(15-32-4)12-13-31-3)20-10-11-22(23(14-20)33-16-24(28)29)34-18(2)19-8-6-5-7-9-19/h5-11,14,18,21H,12-13,15-16H2,1-4H3,(H2,27,30)(H,28,29). The molecule has 0 saturated heterocycles. The highest BCUT2D eigenvalue weighted by Gasteiger charge is 2.23.